The molecule has 0 saturated carbocycles. The molecule has 3 rings (SSSR count). The number of benzene rings is 1. The number of halogens is 1. The molecule has 0 aliphatic rings. The molecule has 3 aromatic rings. The van der Waals surface area contributed by atoms with E-state index in [-0.39, 0.29) is 0 Å². The highest BCUT2D eigenvalue weighted by Gasteiger charge is 2.05. The smallest absolute Gasteiger partial charge is 0.160 e. The van der Waals surface area contributed by atoms with Crippen LogP contribution in [0.5, 0.6) is 0 Å². The van der Waals surface area contributed by atoms with E-state index in [0.29, 0.717) is 0 Å². The van der Waals surface area contributed by atoms with Gasteiger partial charge in [-0.05, 0) is 46.6 Å². The van der Waals surface area contributed by atoms with Crippen molar-refractivity contribution in [2.24, 2.45) is 0 Å². The van der Waals surface area contributed by atoms with Gasteiger partial charge >= 0.3 is 0 Å². The van der Waals surface area contributed by atoms with Crippen molar-refractivity contribution in [3.05, 3.63) is 58.5 Å². The molecule has 1 aromatic carbocycles. The van der Waals surface area contributed by atoms with Gasteiger partial charge in [-0.1, -0.05) is 18.2 Å². The Morgan fingerprint density at radius 3 is 2.85 bits per heavy atom. The largest absolute Gasteiger partial charge is 0.384 e. The lowest BCUT2D eigenvalue weighted by Crippen LogP contribution is -2.08. The average molecular weight is 331 g/mol. The van der Waals surface area contributed by atoms with Crippen molar-refractivity contribution in [1.29, 1.82) is 0 Å². The number of aryl methyl sites for hydroxylation is 1. The molecule has 0 spiro atoms. The molecule has 20 heavy (non-hydrogen) atoms. The fourth-order valence-corrected chi connectivity index (χ4v) is 2.50. The molecule has 0 aliphatic carbocycles. The topological polar surface area (TPSA) is 42.2 Å². The molecule has 102 valence electrons. The molecule has 0 aliphatic heterocycles. The van der Waals surface area contributed by atoms with E-state index < -0.39 is 0 Å². The van der Waals surface area contributed by atoms with Crippen molar-refractivity contribution < 1.29 is 0 Å². The van der Waals surface area contributed by atoms with Crippen LogP contribution in [0, 0.1) is 6.92 Å². The summed E-state index contributed by atoms with van der Waals surface area (Å²) in [7, 11) is 0. The number of para-hydroxylation sites is 1. The Bertz CT molecular complexity index is 736. The van der Waals surface area contributed by atoms with Gasteiger partial charge in [0.1, 0.15) is 5.82 Å². The third-order valence-electron chi connectivity index (χ3n) is 3.25. The molecule has 0 atom stereocenters. The van der Waals surface area contributed by atoms with Gasteiger partial charge < -0.3 is 5.32 Å². The number of anilines is 1. The molecule has 5 heteroatoms. The van der Waals surface area contributed by atoms with Crippen molar-refractivity contribution in [1.82, 2.24) is 14.6 Å². The monoisotopic (exact) mass is 330 g/mol. The standard InChI is InChI=1S/C15H15BrN4/c1-11-4-2-3-5-13(11)17-9-8-15-19-18-14-7-6-12(16)10-20(14)15/h2-7,10,17H,8-9H2,1H3. The second-order valence-corrected chi connectivity index (χ2v) is 5.60. The first kappa shape index (κ1) is 13.1. The third-order valence-corrected chi connectivity index (χ3v) is 3.72. The molecule has 0 amide bonds. The quantitative estimate of drug-likeness (QED) is 0.796. The first-order chi connectivity index (χ1) is 9.74. The Morgan fingerprint density at radius 2 is 2.00 bits per heavy atom. The van der Waals surface area contributed by atoms with Crippen LogP contribution in [0.1, 0.15) is 11.4 Å². The molecule has 0 fully saturated rings. The fourth-order valence-electron chi connectivity index (χ4n) is 2.16. The van der Waals surface area contributed by atoms with Gasteiger partial charge in [-0.2, -0.15) is 0 Å². The van der Waals surface area contributed by atoms with Crippen LogP contribution in [-0.2, 0) is 6.42 Å². The molecule has 0 radical (unpaired) electrons. The van der Waals surface area contributed by atoms with Crippen LogP contribution in [0.2, 0.25) is 0 Å². The minimum atomic E-state index is 0.825. The predicted molar refractivity (Wildman–Crippen MR) is 84.1 cm³/mol. The van der Waals surface area contributed by atoms with Crippen molar-refractivity contribution in [3.8, 4) is 0 Å². The zero-order chi connectivity index (χ0) is 13.9. The number of aromatic nitrogens is 3. The van der Waals surface area contributed by atoms with Gasteiger partial charge in [-0.15, -0.1) is 10.2 Å². The summed E-state index contributed by atoms with van der Waals surface area (Å²) in [5.41, 5.74) is 3.29. The van der Waals surface area contributed by atoms with E-state index in [4.69, 9.17) is 0 Å². The van der Waals surface area contributed by atoms with Gasteiger partial charge in [0.25, 0.3) is 0 Å². The molecular weight excluding hydrogens is 316 g/mol. The fraction of sp³-hybridized carbons (Fsp3) is 0.200. The average Bonchev–Trinajstić information content (AvgIpc) is 2.83. The normalized spacial score (nSPS) is 10.9. The Morgan fingerprint density at radius 1 is 1.15 bits per heavy atom. The van der Waals surface area contributed by atoms with Crippen LogP contribution in [0.3, 0.4) is 0 Å². The molecular formula is C15H15BrN4. The zero-order valence-electron chi connectivity index (χ0n) is 11.2. The Labute approximate surface area is 126 Å². The summed E-state index contributed by atoms with van der Waals surface area (Å²) in [6, 6.07) is 12.2. The highest BCUT2D eigenvalue weighted by atomic mass is 79.9. The van der Waals surface area contributed by atoms with E-state index in [1.165, 1.54) is 11.3 Å². The van der Waals surface area contributed by atoms with Gasteiger partial charge in [-0.25, -0.2) is 0 Å². The number of nitrogens with one attached hydrogen (secondary N) is 1. The Balaban J connectivity index is 1.71. The van der Waals surface area contributed by atoms with Crippen molar-refractivity contribution >= 4 is 27.3 Å². The Hall–Kier alpha value is -1.88. The van der Waals surface area contributed by atoms with E-state index in [1.807, 2.05) is 34.9 Å². The molecule has 0 bridgehead atoms. The summed E-state index contributed by atoms with van der Waals surface area (Å²) >= 11 is 3.47. The second kappa shape index (κ2) is 5.63. The second-order valence-electron chi connectivity index (χ2n) is 4.68. The van der Waals surface area contributed by atoms with Crippen LogP contribution in [0.4, 0.5) is 5.69 Å². The number of nitrogens with zero attached hydrogens (tertiary/aromatic N) is 3. The highest BCUT2D eigenvalue weighted by molar-refractivity contribution is 9.10. The van der Waals surface area contributed by atoms with Crippen molar-refractivity contribution in [2.75, 3.05) is 11.9 Å². The molecule has 0 unspecified atom stereocenters. The van der Waals surface area contributed by atoms with Crippen LogP contribution >= 0.6 is 15.9 Å². The van der Waals surface area contributed by atoms with E-state index in [9.17, 15) is 0 Å². The maximum absolute atomic E-state index is 4.24. The number of hydrogen-bond acceptors (Lipinski definition) is 3. The lowest BCUT2D eigenvalue weighted by Gasteiger charge is -2.08. The van der Waals surface area contributed by atoms with Crippen molar-refractivity contribution in [3.63, 3.8) is 0 Å². The van der Waals surface area contributed by atoms with E-state index >= 15 is 0 Å². The van der Waals surface area contributed by atoms with Crippen LogP contribution < -0.4 is 5.32 Å². The number of rotatable bonds is 4. The first-order valence-corrected chi connectivity index (χ1v) is 7.32. The van der Waals surface area contributed by atoms with Gasteiger partial charge in [0.15, 0.2) is 5.65 Å². The molecule has 2 heterocycles. The number of pyridine rings is 1. The zero-order valence-corrected chi connectivity index (χ0v) is 12.8. The van der Waals surface area contributed by atoms with Gasteiger partial charge in [0.2, 0.25) is 0 Å². The van der Waals surface area contributed by atoms with E-state index in [2.05, 4.69) is 50.5 Å². The minimum Gasteiger partial charge on any atom is -0.384 e. The summed E-state index contributed by atoms with van der Waals surface area (Å²) in [5.74, 6) is 0.961. The summed E-state index contributed by atoms with van der Waals surface area (Å²) in [6.45, 7) is 2.93. The molecule has 1 N–H and O–H groups in total. The lowest BCUT2D eigenvalue weighted by molar-refractivity contribution is 0.869. The molecule has 4 nitrogen and oxygen atoms in total. The molecule has 2 aromatic heterocycles. The summed E-state index contributed by atoms with van der Waals surface area (Å²) in [4.78, 5) is 0. The van der Waals surface area contributed by atoms with Crippen LogP contribution in [-0.4, -0.2) is 21.1 Å². The summed E-state index contributed by atoms with van der Waals surface area (Å²) in [5, 5.41) is 11.8. The maximum atomic E-state index is 4.24. The third kappa shape index (κ3) is 2.67. The number of fused-ring (bicyclic) bond motifs is 1. The van der Waals surface area contributed by atoms with Gasteiger partial charge in [0, 0.05) is 29.3 Å². The van der Waals surface area contributed by atoms with Gasteiger partial charge in [0.05, 0.1) is 0 Å². The summed E-state index contributed by atoms with van der Waals surface area (Å²) in [6.07, 6.45) is 2.82. The maximum Gasteiger partial charge on any atom is 0.160 e. The summed E-state index contributed by atoms with van der Waals surface area (Å²) < 4.78 is 3.04. The van der Waals surface area contributed by atoms with E-state index in [0.717, 1.165) is 28.9 Å². The van der Waals surface area contributed by atoms with Crippen LogP contribution in [0.25, 0.3) is 5.65 Å². The predicted octanol–water partition coefficient (Wildman–Crippen LogP) is 3.45. The van der Waals surface area contributed by atoms with Crippen molar-refractivity contribution in [2.45, 2.75) is 13.3 Å². The highest BCUT2D eigenvalue weighted by Crippen LogP contribution is 2.14. The van der Waals surface area contributed by atoms with E-state index in [1.54, 1.807) is 0 Å². The Kier molecular flexibility index (Phi) is 3.69. The molecule has 0 saturated heterocycles. The van der Waals surface area contributed by atoms with Gasteiger partial charge in [-0.3, -0.25) is 4.40 Å². The van der Waals surface area contributed by atoms with Crippen LogP contribution in [0.15, 0.2) is 47.1 Å². The minimum absolute atomic E-state index is 0.825. The number of hydrogen-bond donors (Lipinski definition) is 1. The lowest BCUT2D eigenvalue weighted by atomic mass is 10.2. The SMILES string of the molecule is Cc1ccccc1NCCc1nnc2ccc(Br)cn12. The first-order valence-electron chi connectivity index (χ1n) is 6.53.